The number of nitrogens with one attached hydrogen (secondary N) is 1. The number of hydrogen-bond donors (Lipinski definition) is 1. The molecule has 2 nitrogen and oxygen atoms in total. The van der Waals surface area contributed by atoms with E-state index >= 15 is 0 Å². The van der Waals surface area contributed by atoms with Gasteiger partial charge in [-0.3, -0.25) is 0 Å². The molecule has 0 heterocycles. The van der Waals surface area contributed by atoms with Gasteiger partial charge in [-0.05, 0) is 50.4 Å². The summed E-state index contributed by atoms with van der Waals surface area (Å²) in [6, 6.07) is 8.08. The summed E-state index contributed by atoms with van der Waals surface area (Å²) in [7, 11) is 0. The van der Waals surface area contributed by atoms with E-state index < -0.39 is 0 Å². The Morgan fingerprint density at radius 1 is 1.44 bits per heavy atom. The second-order valence-electron chi connectivity index (χ2n) is 5.05. The van der Waals surface area contributed by atoms with Crippen LogP contribution in [0.25, 0.3) is 0 Å². The lowest BCUT2D eigenvalue weighted by Gasteiger charge is -2.37. The van der Waals surface area contributed by atoms with Crippen molar-refractivity contribution in [2.24, 2.45) is 5.92 Å². The maximum Gasteiger partial charge on any atom is 0.121 e. The van der Waals surface area contributed by atoms with Crippen LogP contribution in [-0.4, -0.2) is 18.7 Å². The lowest BCUT2D eigenvalue weighted by molar-refractivity contribution is 0.101. The van der Waals surface area contributed by atoms with Gasteiger partial charge in [0.25, 0.3) is 0 Å². The normalized spacial score (nSPS) is 19.1. The molecule has 0 saturated heterocycles. The van der Waals surface area contributed by atoms with Gasteiger partial charge in [-0.1, -0.05) is 31.0 Å². The maximum absolute atomic E-state index is 6.02. The van der Waals surface area contributed by atoms with E-state index in [1.165, 1.54) is 19.3 Å². The number of hydrogen-bond acceptors (Lipinski definition) is 2. The largest absolute Gasteiger partial charge is 0.489 e. The Morgan fingerprint density at radius 2 is 2.22 bits per heavy atom. The van der Waals surface area contributed by atoms with Gasteiger partial charge in [-0.15, -0.1) is 0 Å². The first-order valence-corrected chi connectivity index (χ1v) is 7.24. The third-order valence-corrected chi connectivity index (χ3v) is 3.96. The highest BCUT2D eigenvalue weighted by atomic mass is 35.5. The summed E-state index contributed by atoms with van der Waals surface area (Å²) in [5.41, 5.74) is 0. The van der Waals surface area contributed by atoms with E-state index in [9.17, 15) is 0 Å². The van der Waals surface area contributed by atoms with Gasteiger partial charge in [-0.2, -0.15) is 0 Å². The van der Waals surface area contributed by atoms with Gasteiger partial charge in [0.1, 0.15) is 11.9 Å². The molecule has 3 heteroatoms. The summed E-state index contributed by atoms with van der Waals surface area (Å²) in [5.74, 6) is 1.62. The fourth-order valence-electron chi connectivity index (χ4n) is 2.58. The van der Waals surface area contributed by atoms with Crippen LogP contribution in [0.3, 0.4) is 0 Å². The minimum Gasteiger partial charge on any atom is -0.489 e. The Balaban J connectivity index is 1.97. The van der Waals surface area contributed by atoms with Crippen LogP contribution in [0, 0.1) is 5.92 Å². The van der Waals surface area contributed by atoms with Crippen LogP contribution in [0.15, 0.2) is 24.3 Å². The predicted molar refractivity (Wildman–Crippen MR) is 76.3 cm³/mol. The van der Waals surface area contributed by atoms with E-state index in [2.05, 4.69) is 19.2 Å². The van der Waals surface area contributed by atoms with Crippen LogP contribution in [0.2, 0.25) is 5.02 Å². The highest BCUT2D eigenvalue weighted by molar-refractivity contribution is 6.30. The van der Waals surface area contributed by atoms with Crippen LogP contribution in [0.5, 0.6) is 5.75 Å². The summed E-state index contributed by atoms with van der Waals surface area (Å²) in [6.07, 6.45) is 4.17. The minimum atomic E-state index is 0.175. The van der Waals surface area contributed by atoms with E-state index in [0.29, 0.717) is 6.04 Å². The van der Waals surface area contributed by atoms with Crippen molar-refractivity contribution in [1.82, 2.24) is 5.32 Å². The number of likely N-dealkylation sites (N-methyl/N-ethyl adjacent to an activating group) is 1. The Hall–Kier alpha value is -0.730. The molecule has 1 aromatic rings. The van der Waals surface area contributed by atoms with Crippen molar-refractivity contribution >= 4 is 11.6 Å². The highest BCUT2D eigenvalue weighted by Crippen LogP contribution is 2.32. The first-order chi connectivity index (χ1) is 8.70. The highest BCUT2D eigenvalue weighted by Gasteiger charge is 2.31. The van der Waals surface area contributed by atoms with Crippen molar-refractivity contribution in [1.29, 1.82) is 0 Å². The Kier molecular flexibility index (Phi) is 4.90. The Morgan fingerprint density at radius 3 is 2.78 bits per heavy atom. The monoisotopic (exact) mass is 267 g/mol. The molecular formula is C15H22ClNO. The van der Waals surface area contributed by atoms with Crippen molar-refractivity contribution in [2.45, 2.75) is 45.3 Å². The summed E-state index contributed by atoms with van der Waals surface area (Å²) in [5, 5.41) is 4.29. The maximum atomic E-state index is 6.02. The van der Waals surface area contributed by atoms with Crippen molar-refractivity contribution < 1.29 is 4.74 Å². The summed E-state index contributed by atoms with van der Waals surface area (Å²) >= 11 is 5.97. The number of rotatable bonds is 6. The lowest BCUT2D eigenvalue weighted by atomic mass is 9.78. The van der Waals surface area contributed by atoms with E-state index in [-0.39, 0.29) is 6.10 Å². The third-order valence-electron chi connectivity index (χ3n) is 3.72. The van der Waals surface area contributed by atoms with Crippen LogP contribution < -0.4 is 10.1 Å². The van der Waals surface area contributed by atoms with Crippen LogP contribution in [-0.2, 0) is 0 Å². The second-order valence-corrected chi connectivity index (χ2v) is 5.49. The summed E-state index contributed by atoms with van der Waals surface area (Å²) in [6.45, 7) is 5.29. The van der Waals surface area contributed by atoms with Crippen LogP contribution in [0.1, 0.15) is 33.1 Å². The van der Waals surface area contributed by atoms with Crippen LogP contribution in [0.4, 0.5) is 0 Å². The number of ether oxygens (including phenoxy) is 1. The van der Waals surface area contributed by atoms with Crippen molar-refractivity contribution in [3.05, 3.63) is 29.3 Å². The second kappa shape index (κ2) is 6.44. The van der Waals surface area contributed by atoms with Gasteiger partial charge in [0.15, 0.2) is 0 Å². The van der Waals surface area contributed by atoms with Gasteiger partial charge in [0, 0.05) is 11.1 Å². The molecule has 2 unspecified atom stereocenters. The molecule has 0 aliphatic heterocycles. The number of benzene rings is 1. The van der Waals surface area contributed by atoms with Gasteiger partial charge in [-0.25, -0.2) is 0 Å². The molecular weight excluding hydrogens is 246 g/mol. The molecule has 0 spiro atoms. The fraction of sp³-hybridized carbons (Fsp3) is 0.600. The minimum absolute atomic E-state index is 0.175. The summed E-state index contributed by atoms with van der Waals surface area (Å²) in [4.78, 5) is 0. The summed E-state index contributed by atoms with van der Waals surface area (Å²) < 4.78 is 6.02. The molecule has 1 aliphatic rings. The third kappa shape index (κ3) is 3.39. The average Bonchev–Trinajstić information content (AvgIpc) is 2.26. The quantitative estimate of drug-likeness (QED) is 0.844. The predicted octanol–water partition coefficient (Wildman–Crippen LogP) is 3.89. The first-order valence-electron chi connectivity index (χ1n) is 6.86. The molecule has 100 valence electrons. The van der Waals surface area contributed by atoms with Crippen molar-refractivity contribution in [3.63, 3.8) is 0 Å². The molecule has 0 aromatic heterocycles. The Labute approximate surface area is 115 Å². The van der Waals surface area contributed by atoms with Crippen molar-refractivity contribution in [2.75, 3.05) is 6.54 Å². The van der Waals surface area contributed by atoms with E-state index in [1.54, 1.807) is 0 Å². The number of halogens is 1. The van der Waals surface area contributed by atoms with E-state index in [0.717, 1.165) is 23.2 Å². The molecule has 1 N–H and O–H groups in total. The zero-order valence-electron chi connectivity index (χ0n) is 11.2. The zero-order valence-corrected chi connectivity index (χ0v) is 11.9. The molecule has 1 saturated carbocycles. The molecule has 1 fully saturated rings. The van der Waals surface area contributed by atoms with Gasteiger partial charge < -0.3 is 10.1 Å². The molecule has 1 aromatic carbocycles. The molecule has 0 bridgehead atoms. The Bertz CT molecular complexity index is 379. The molecule has 2 atom stereocenters. The SMILES string of the molecule is CCNC(C1CCC1)C(C)Oc1cccc(Cl)c1. The molecule has 1 aliphatic carbocycles. The van der Waals surface area contributed by atoms with E-state index in [4.69, 9.17) is 16.3 Å². The van der Waals surface area contributed by atoms with Gasteiger partial charge in [0.2, 0.25) is 0 Å². The van der Waals surface area contributed by atoms with Crippen molar-refractivity contribution in [3.8, 4) is 5.75 Å². The molecule has 0 radical (unpaired) electrons. The topological polar surface area (TPSA) is 21.3 Å². The molecule has 18 heavy (non-hydrogen) atoms. The molecule has 2 rings (SSSR count). The lowest BCUT2D eigenvalue weighted by Crippen LogP contribution is -2.48. The van der Waals surface area contributed by atoms with Gasteiger partial charge in [0.05, 0.1) is 0 Å². The smallest absolute Gasteiger partial charge is 0.121 e. The van der Waals surface area contributed by atoms with E-state index in [1.807, 2.05) is 24.3 Å². The average molecular weight is 268 g/mol. The fourth-order valence-corrected chi connectivity index (χ4v) is 2.76. The standard InChI is InChI=1S/C15H22ClNO/c1-3-17-15(12-6-4-7-12)11(2)18-14-9-5-8-13(16)10-14/h5,8-12,15,17H,3-4,6-7H2,1-2H3. The first kappa shape index (κ1) is 13.7. The van der Waals surface area contributed by atoms with Gasteiger partial charge >= 0.3 is 0 Å². The van der Waals surface area contributed by atoms with Crippen LogP contribution >= 0.6 is 11.6 Å². The molecule has 0 amide bonds. The zero-order chi connectivity index (χ0) is 13.0.